The van der Waals surface area contributed by atoms with Crippen molar-refractivity contribution in [2.45, 2.75) is 57.5 Å². The fraction of sp³-hybridized carbons (Fsp3) is 1.00. The molecule has 112 valence electrons. The van der Waals surface area contributed by atoms with Gasteiger partial charge in [0.2, 0.25) is 0 Å². The molecule has 19 heavy (non-hydrogen) atoms. The minimum Gasteiger partial charge on any atom is -0.314 e. The molecule has 2 rings (SSSR count). The lowest BCUT2D eigenvalue weighted by Crippen LogP contribution is -2.44. The highest BCUT2D eigenvalue weighted by molar-refractivity contribution is 4.85. The molecule has 1 aliphatic carbocycles. The van der Waals surface area contributed by atoms with Crippen LogP contribution in [0.15, 0.2) is 0 Å². The zero-order chi connectivity index (χ0) is 13.7. The van der Waals surface area contributed by atoms with Gasteiger partial charge < -0.3 is 15.1 Å². The minimum atomic E-state index is 0.771. The highest BCUT2D eigenvalue weighted by Gasteiger charge is 2.27. The first-order valence-corrected chi connectivity index (χ1v) is 8.31. The van der Waals surface area contributed by atoms with E-state index >= 15 is 0 Å². The van der Waals surface area contributed by atoms with Crippen molar-refractivity contribution in [1.82, 2.24) is 15.1 Å². The summed E-state index contributed by atoms with van der Waals surface area (Å²) < 4.78 is 0. The van der Waals surface area contributed by atoms with Gasteiger partial charge in [0.1, 0.15) is 0 Å². The summed E-state index contributed by atoms with van der Waals surface area (Å²) in [6.07, 6.45) is 8.20. The normalized spacial score (nSPS) is 33.2. The second-order valence-corrected chi connectivity index (χ2v) is 6.83. The van der Waals surface area contributed by atoms with Crippen LogP contribution in [0.4, 0.5) is 0 Å². The van der Waals surface area contributed by atoms with E-state index in [4.69, 9.17) is 0 Å². The molecule has 1 heterocycles. The largest absolute Gasteiger partial charge is 0.314 e. The first-order chi connectivity index (χ1) is 9.19. The predicted octanol–water partition coefficient (Wildman–Crippen LogP) is 2.18. The van der Waals surface area contributed by atoms with Gasteiger partial charge in [0, 0.05) is 25.2 Å². The Labute approximate surface area is 119 Å². The average Bonchev–Trinajstić information content (AvgIpc) is 2.82. The molecule has 2 aliphatic rings. The van der Waals surface area contributed by atoms with Gasteiger partial charge in [-0.1, -0.05) is 13.3 Å². The molecule has 1 N–H and O–H groups in total. The van der Waals surface area contributed by atoms with Crippen molar-refractivity contribution in [2.75, 3.05) is 40.3 Å². The molecule has 3 unspecified atom stereocenters. The van der Waals surface area contributed by atoms with Crippen molar-refractivity contribution in [1.29, 1.82) is 0 Å². The van der Waals surface area contributed by atoms with E-state index in [1.54, 1.807) is 0 Å². The van der Waals surface area contributed by atoms with Crippen LogP contribution in [-0.2, 0) is 0 Å². The van der Waals surface area contributed by atoms with Gasteiger partial charge in [-0.15, -0.1) is 0 Å². The van der Waals surface area contributed by atoms with Crippen molar-refractivity contribution in [2.24, 2.45) is 5.92 Å². The van der Waals surface area contributed by atoms with Crippen molar-refractivity contribution in [3.63, 3.8) is 0 Å². The van der Waals surface area contributed by atoms with Gasteiger partial charge in [0.15, 0.2) is 0 Å². The van der Waals surface area contributed by atoms with Crippen LogP contribution >= 0.6 is 0 Å². The molecule has 0 amide bonds. The van der Waals surface area contributed by atoms with E-state index in [9.17, 15) is 0 Å². The molecule has 0 aromatic heterocycles. The molecule has 1 saturated carbocycles. The molecule has 3 atom stereocenters. The van der Waals surface area contributed by atoms with Crippen molar-refractivity contribution in [3.8, 4) is 0 Å². The molecule has 2 fully saturated rings. The molecule has 0 spiro atoms. The predicted molar refractivity (Wildman–Crippen MR) is 82.6 cm³/mol. The SMILES string of the molecule is CCCNC1CCCC(N(C)CC2CCN(C)C2)C1. The molecule has 3 heteroatoms. The molecule has 0 aromatic rings. The van der Waals surface area contributed by atoms with E-state index in [1.807, 2.05) is 0 Å². The second-order valence-electron chi connectivity index (χ2n) is 6.83. The van der Waals surface area contributed by atoms with Crippen LogP contribution < -0.4 is 5.32 Å². The van der Waals surface area contributed by atoms with Crippen LogP contribution in [0, 0.1) is 5.92 Å². The third-order valence-electron chi connectivity index (χ3n) is 4.99. The lowest BCUT2D eigenvalue weighted by Gasteiger charge is -2.37. The summed E-state index contributed by atoms with van der Waals surface area (Å²) in [5.74, 6) is 0.902. The van der Waals surface area contributed by atoms with Crippen molar-refractivity contribution in [3.05, 3.63) is 0 Å². The van der Waals surface area contributed by atoms with Gasteiger partial charge >= 0.3 is 0 Å². The summed E-state index contributed by atoms with van der Waals surface area (Å²) in [5, 5.41) is 3.72. The van der Waals surface area contributed by atoms with Gasteiger partial charge in [-0.3, -0.25) is 0 Å². The summed E-state index contributed by atoms with van der Waals surface area (Å²) in [6.45, 7) is 7.35. The highest BCUT2D eigenvalue weighted by atomic mass is 15.2. The molecule has 1 aliphatic heterocycles. The standard InChI is InChI=1S/C16H33N3/c1-4-9-17-15-6-5-7-16(11-15)19(3)13-14-8-10-18(2)12-14/h14-17H,4-13H2,1-3H3. The van der Waals surface area contributed by atoms with Crippen LogP contribution in [0.5, 0.6) is 0 Å². The Morgan fingerprint density at radius 1 is 1.26 bits per heavy atom. The highest BCUT2D eigenvalue weighted by Crippen LogP contribution is 2.24. The fourth-order valence-corrected chi connectivity index (χ4v) is 3.83. The van der Waals surface area contributed by atoms with Gasteiger partial charge in [-0.05, 0) is 65.2 Å². The fourth-order valence-electron chi connectivity index (χ4n) is 3.83. The molecular weight excluding hydrogens is 234 g/mol. The van der Waals surface area contributed by atoms with Crippen LogP contribution in [0.25, 0.3) is 0 Å². The number of nitrogens with zero attached hydrogens (tertiary/aromatic N) is 2. The lowest BCUT2D eigenvalue weighted by molar-refractivity contribution is 0.149. The zero-order valence-corrected chi connectivity index (χ0v) is 13.2. The maximum absolute atomic E-state index is 3.72. The Morgan fingerprint density at radius 3 is 2.79 bits per heavy atom. The molecule has 3 nitrogen and oxygen atoms in total. The van der Waals surface area contributed by atoms with E-state index in [0.717, 1.165) is 18.0 Å². The van der Waals surface area contributed by atoms with E-state index in [2.05, 4.69) is 36.1 Å². The Kier molecular flexibility index (Phi) is 6.11. The number of likely N-dealkylation sites (tertiary alicyclic amines) is 1. The second kappa shape index (κ2) is 7.61. The van der Waals surface area contributed by atoms with E-state index in [0.29, 0.717) is 0 Å². The average molecular weight is 267 g/mol. The number of rotatable bonds is 6. The third-order valence-corrected chi connectivity index (χ3v) is 4.99. The van der Waals surface area contributed by atoms with E-state index in [1.165, 1.54) is 64.7 Å². The van der Waals surface area contributed by atoms with Gasteiger partial charge in [0.25, 0.3) is 0 Å². The van der Waals surface area contributed by atoms with Gasteiger partial charge in [0.05, 0.1) is 0 Å². The summed E-state index contributed by atoms with van der Waals surface area (Å²) in [5.41, 5.74) is 0. The molecule has 0 aromatic carbocycles. The summed E-state index contributed by atoms with van der Waals surface area (Å²) in [7, 11) is 4.61. The molecule has 0 radical (unpaired) electrons. The zero-order valence-electron chi connectivity index (χ0n) is 13.2. The third kappa shape index (κ3) is 4.73. The lowest BCUT2D eigenvalue weighted by atomic mass is 9.89. The Bertz CT molecular complexity index is 256. The van der Waals surface area contributed by atoms with Crippen LogP contribution in [0.1, 0.15) is 45.4 Å². The quantitative estimate of drug-likeness (QED) is 0.796. The van der Waals surface area contributed by atoms with E-state index < -0.39 is 0 Å². The van der Waals surface area contributed by atoms with Gasteiger partial charge in [-0.2, -0.15) is 0 Å². The first kappa shape index (κ1) is 15.3. The topological polar surface area (TPSA) is 18.5 Å². The maximum Gasteiger partial charge on any atom is 0.0107 e. The summed E-state index contributed by atoms with van der Waals surface area (Å²) >= 11 is 0. The van der Waals surface area contributed by atoms with Crippen LogP contribution in [0.3, 0.4) is 0 Å². The van der Waals surface area contributed by atoms with Crippen LogP contribution in [-0.4, -0.2) is 62.2 Å². The van der Waals surface area contributed by atoms with Crippen LogP contribution in [0.2, 0.25) is 0 Å². The Hall–Kier alpha value is -0.120. The minimum absolute atomic E-state index is 0.771. The number of hydrogen-bond acceptors (Lipinski definition) is 3. The Balaban J connectivity index is 1.73. The molecule has 0 bridgehead atoms. The number of hydrogen-bond donors (Lipinski definition) is 1. The monoisotopic (exact) mass is 267 g/mol. The van der Waals surface area contributed by atoms with Crippen molar-refractivity contribution < 1.29 is 0 Å². The first-order valence-electron chi connectivity index (χ1n) is 8.31. The van der Waals surface area contributed by atoms with Crippen molar-refractivity contribution >= 4 is 0 Å². The summed E-state index contributed by atoms with van der Waals surface area (Å²) in [4.78, 5) is 5.13. The van der Waals surface area contributed by atoms with E-state index in [-0.39, 0.29) is 0 Å². The molecular formula is C16H33N3. The molecule has 1 saturated heterocycles. The summed E-state index contributed by atoms with van der Waals surface area (Å²) in [6, 6.07) is 1.58. The Morgan fingerprint density at radius 2 is 2.11 bits per heavy atom. The maximum atomic E-state index is 3.72. The smallest absolute Gasteiger partial charge is 0.0107 e. The van der Waals surface area contributed by atoms with Gasteiger partial charge in [-0.25, -0.2) is 0 Å². The number of nitrogens with one attached hydrogen (secondary N) is 1.